The summed E-state index contributed by atoms with van der Waals surface area (Å²) in [4.78, 5) is 0. The summed E-state index contributed by atoms with van der Waals surface area (Å²) < 4.78 is 6.50. The number of aryl methyl sites for hydroxylation is 1. The maximum absolute atomic E-state index is 5.64. The van der Waals surface area contributed by atoms with Gasteiger partial charge in [0.15, 0.2) is 0 Å². The Kier molecular flexibility index (Phi) is 3.81. The van der Waals surface area contributed by atoms with E-state index in [0.29, 0.717) is 0 Å². The molecule has 0 bridgehead atoms. The van der Waals surface area contributed by atoms with Crippen LogP contribution in [0.4, 0.5) is 0 Å². The van der Waals surface area contributed by atoms with E-state index in [9.17, 15) is 0 Å². The molecule has 0 aliphatic rings. The monoisotopic (exact) mass is 300 g/mol. The van der Waals surface area contributed by atoms with Gasteiger partial charge in [-0.05, 0) is 32.9 Å². The molecule has 3 nitrogen and oxygen atoms in total. The molecule has 0 aromatic carbocycles. The highest BCUT2D eigenvalue weighted by atomic mass is 79.9. The zero-order valence-corrected chi connectivity index (χ0v) is 11.3. The molecule has 0 aliphatic heterocycles. The number of hydrogen-bond acceptors (Lipinski definition) is 4. The molecule has 2 aromatic rings. The van der Waals surface area contributed by atoms with Crippen molar-refractivity contribution in [3.63, 3.8) is 0 Å². The minimum absolute atomic E-state index is 0.0191. The third kappa shape index (κ3) is 2.08. The van der Waals surface area contributed by atoms with Crippen molar-refractivity contribution in [2.75, 3.05) is 0 Å². The molecular formula is C11H13BrN2OS. The number of hydrogen-bond donors (Lipinski definition) is 2. The predicted molar refractivity (Wildman–Crippen MR) is 69.3 cm³/mol. The first-order chi connectivity index (χ1) is 7.77. The number of halogens is 1. The number of furan rings is 1. The van der Waals surface area contributed by atoms with Crippen LogP contribution in [-0.4, -0.2) is 0 Å². The van der Waals surface area contributed by atoms with Crippen LogP contribution in [0.15, 0.2) is 32.0 Å². The third-order valence-corrected chi connectivity index (χ3v) is 4.28. The first-order valence-corrected chi connectivity index (χ1v) is 6.75. The summed E-state index contributed by atoms with van der Waals surface area (Å²) in [6.07, 6.45) is 2.57. The largest absolute Gasteiger partial charge is 0.469 e. The fraction of sp³-hybridized carbons (Fsp3) is 0.273. The minimum atomic E-state index is -0.0191. The first kappa shape index (κ1) is 11.9. The van der Waals surface area contributed by atoms with Crippen molar-refractivity contribution in [2.24, 2.45) is 5.84 Å². The summed E-state index contributed by atoms with van der Waals surface area (Å²) in [5, 5.41) is 4.13. The van der Waals surface area contributed by atoms with Gasteiger partial charge in [0, 0.05) is 21.8 Å². The number of nitrogens with two attached hydrogens (primary N) is 1. The lowest BCUT2D eigenvalue weighted by molar-refractivity contribution is 0.502. The van der Waals surface area contributed by atoms with E-state index < -0.39 is 0 Å². The standard InChI is InChI=1S/C11H13BrN2OS/c1-2-10-7(3-4-15-10)11(14-13)8-5-16-6-9(8)12/h3-6,11,14H,2,13H2,1H3. The summed E-state index contributed by atoms with van der Waals surface area (Å²) >= 11 is 5.17. The highest BCUT2D eigenvalue weighted by Gasteiger charge is 2.20. The molecule has 2 rings (SSSR count). The van der Waals surface area contributed by atoms with Gasteiger partial charge in [-0.15, -0.1) is 0 Å². The van der Waals surface area contributed by atoms with Gasteiger partial charge < -0.3 is 4.42 Å². The van der Waals surface area contributed by atoms with Crippen molar-refractivity contribution in [1.29, 1.82) is 0 Å². The third-order valence-electron chi connectivity index (χ3n) is 2.53. The second-order valence-electron chi connectivity index (χ2n) is 3.43. The SMILES string of the molecule is CCc1occc1C(NN)c1cscc1Br. The fourth-order valence-electron chi connectivity index (χ4n) is 1.74. The summed E-state index contributed by atoms with van der Waals surface area (Å²) in [6, 6.07) is 1.95. The molecular weight excluding hydrogens is 288 g/mol. The second kappa shape index (κ2) is 5.14. The van der Waals surface area contributed by atoms with Crippen LogP contribution >= 0.6 is 27.3 Å². The molecule has 2 heterocycles. The quantitative estimate of drug-likeness (QED) is 0.673. The Morgan fingerprint density at radius 3 is 2.88 bits per heavy atom. The van der Waals surface area contributed by atoms with E-state index in [1.807, 2.05) is 11.4 Å². The van der Waals surface area contributed by atoms with Gasteiger partial charge in [0.1, 0.15) is 5.76 Å². The van der Waals surface area contributed by atoms with Gasteiger partial charge in [-0.3, -0.25) is 5.84 Å². The average molecular weight is 301 g/mol. The summed E-state index contributed by atoms with van der Waals surface area (Å²) in [5.74, 6) is 6.61. The van der Waals surface area contributed by atoms with Crippen LogP contribution in [0.25, 0.3) is 0 Å². The molecule has 0 radical (unpaired) electrons. The molecule has 1 atom stereocenters. The van der Waals surface area contributed by atoms with Crippen LogP contribution in [0, 0.1) is 0 Å². The molecule has 0 spiro atoms. The summed E-state index contributed by atoms with van der Waals surface area (Å²) in [5.41, 5.74) is 5.08. The Hall–Kier alpha value is -0.620. The maximum atomic E-state index is 5.64. The topological polar surface area (TPSA) is 51.2 Å². The first-order valence-electron chi connectivity index (χ1n) is 5.01. The Morgan fingerprint density at radius 2 is 2.31 bits per heavy atom. The van der Waals surface area contributed by atoms with Crippen LogP contribution in [0.3, 0.4) is 0 Å². The highest BCUT2D eigenvalue weighted by molar-refractivity contribution is 9.10. The van der Waals surface area contributed by atoms with Gasteiger partial charge in [-0.2, -0.15) is 11.3 Å². The number of hydrazine groups is 1. The van der Waals surface area contributed by atoms with E-state index in [1.165, 1.54) is 0 Å². The van der Waals surface area contributed by atoms with Crippen LogP contribution < -0.4 is 11.3 Å². The molecule has 0 saturated carbocycles. The lowest BCUT2D eigenvalue weighted by atomic mass is 10.0. The fourth-order valence-corrected chi connectivity index (χ4v) is 3.29. The van der Waals surface area contributed by atoms with E-state index in [2.05, 4.69) is 33.7 Å². The van der Waals surface area contributed by atoms with E-state index in [-0.39, 0.29) is 6.04 Å². The van der Waals surface area contributed by atoms with Gasteiger partial charge in [0.2, 0.25) is 0 Å². The molecule has 3 N–H and O–H groups in total. The zero-order chi connectivity index (χ0) is 11.5. The van der Waals surface area contributed by atoms with Crippen LogP contribution in [0.2, 0.25) is 0 Å². The van der Waals surface area contributed by atoms with Gasteiger partial charge >= 0.3 is 0 Å². The summed E-state index contributed by atoms with van der Waals surface area (Å²) in [7, 11) is 0. The molecule has 0 saturated heterocycles. The van der Waals surface area contributed by atoms with Gasteiger partial charge in [-0.25, -0.2) is 5.43 Å². The van der Waals surface area contributed by atoms with Gasteiger partial charge in [0.05, 0.1) is 12.3 Å². The minimum Gasteiger partial charge on any atom is -0.469 e. The second-order valence-corrected chi connectivity index (χ2v) is 5.03. The Morgan fingerprint density at radius 1 is 1.50 bits per heavy atom. The molecule has 5 heteroatoms. The number of rotatable bonds is 4. The highest BCUT2D eigenvalue weighted by Crippen LogP contribution is 2.33. The van der Waals surface area contributed by atoms with E-state index in [0.717, 1.165) is 27.8 Å². The lowest BCUT2D eigenvalue weighted by Crippen LogP contribution is -2.29. The zero-order valence-electron chi connectivity index (χ0n) is 8.87. The van der Waals surface area contributed by atoms with E-state index in [1.54, 1.807) is 17.6 Å². The Bertz CT molecular complexity index is 466. The summed E-state index contributed by atoms with van der Waals surface area (Å²) in [6.45, 7) is 2.07. The molecule has 16 heavy (non-hydrogen) atoms. The molecule has 2 aromatic heterocycles. The Labute approximate surface area is 107 Å². The molecule has 0 fully saturated rings. The number of thiophene rings is 1. The normalized spacial score (nSPS) is 12.9. The van der Waals surface area contributed by atoms with Crippen molar-refractivity contribution in [1.82, 2.24) is 5.43 Å². The van der Waals surface area contributed by atoms with Gasteiger partial charge in [0.25, 0.3) is 0 Å². The Balaban J connectivity index is 2.40. The van der Waals surface area contributed by atoms with Gasteiger partial charge in [-0.1, -0.05) is 6.92 Å². The molecule has 86 valence electrons. The van der Waals surface area contributed by atoms with E-state index in [4.69, 9.17) is 10.3 Å². The molecule has 0 amide bonds. The van der Waals surface area contributed by atoms with E-state index >= 15 is 0 Å². The van der Waals surface area contributed by atoms with Crippen LogP contribution in [-0.2, 0) is 6.42 Å². The smallest absolute Gasteiger partial charge is 0.108 e. The molecule has 0 aliphatic carbocycles. The van der Waals surface area contributed by atoms with Crippen molar-refractivity contribution in [3.8, 4) is 0 Å². The maximum Gasteiger partial charge on any atom is 0.108 e. The van der Waals surface area contributed by atoms with Crippen molar-refractivity contribution in [2.45, 2.75) is 19.4 Å². The van der Waals surface area contributed by atoms with Crippen molar-refractivity contribution < 1.29 is 4.42 Å². The van der Waals surface area contributed by atoms with Crippen molar-refractivity contribution in [3.05, 3.63) is 44.4 Å². The molecule has 1 unspecified atom stereocenters. The number of nitrogens with one attached hydrogen (secondary N) is 1. The van der Waals surface area contributed by atoms with Crippen LogP contribution in [0.1, 0.15) is 29.9 Å². The predicted octanol–water partition coefficient (Wildman–Crippen LogP) is 3.22. The average Bonchev–Trinajstić information content (AvgIpc) is 2.90. The van der Waals surface area contributed by atoms with Crippen molar-refractivity contribution >= 4 is 27.3 Å². The lowest BCUT2D eigenvalue weighted by Gasteiger charge is -2.15. The van der Waals surface area contributed by atoms with Crippen LogP contribution in [0.5, 0.6) is 0 Å².